The fourth-order valence-electron chi connectivity index (χ4n) is 2.59. The molecule has 22 heavy (non-hydrogen) atoms. The molecule has 1 fully saturated rings. The number of rotatable bonds is 7. The first-order chi connectivity index (χ1) is 10.7. The van der Waals surface area contributed by atoms with Crippen LogP contribution >= 0.6 is 11.3 Å². The van der Waals surface area contributed by atoms with E-state index in [1.165, 1.54) is 23.4 Å². The molecule has 3 rings (SSSR count). The average Bonchev–Trinajstić information content (AvgIpc) is 3.27. The van der Waals surface area contributed by atoms with E-state index in [0.29, 0.717) is 6.54 Å². The number of likely N-dealkylation sites (N-methyl/N-ethyl adjacent to an activating group) is 1. The second-order valence-corrected chi connectivity index (χ2v) is 7.10. The number of benzene rings is 1. The van der Waals surface area contributed by atoms with Crippen LogP contribution in [0.3, 0.4) is 0 Å². The number of thiazole rings is 1. The van der Waals surface area contributed by atoms with Gasteiger partial charge in [0, 0.05) is 24.4 Å². The molecule has 0 bridgehead atoms. The van der Waals surface area contributed by atoms with Crippen LogP contribution in [-0.4, -0.2) is 28.1 Å². The van der Waals surface area contributed by atoms with E-state index in [4.69, 9.17) is 4.98 Å². The van der Waals surface area contributed by atoms with Crippen molar-refractivity contribution in [2.45, 2.75) is 45.3 Å². The first-order valence-electron chi connectivity index (χ1n) is 8.07. The maximum Gasteiger partial charge on any atom is 0.0959 e. The van der Waals surface area contributed by atoms with Crippen molar-refractivity contribution in [2.24, 2.45) is 0 Å². The van der Waals surface area contributed by atoms with Gasteiger partial charge in [-0.1, -0.05) is 36.8 Å². The summed E-state index contributed by atoms with van der Waals surface area (Å²) in [5.41, 5.74) is 3.35. The zero-order valence-electron chi connectivity index (χ0n) is 13.3. The molecular weight excluding hydrogens is 292 g/mol. The molecule has 0 radical (unpaired) electrons. The van der Waals surface area contributed by atoms with Gasteiger partial charge in [0.25, 0.3) is 0 Å². The predicted molar refractivity (Wildman–Crippen MR) is 91.2 cm³/mol. The monoisotopic (exact) mass is 316 g/mol. The first-order valence-corrected chi connectivity index (χ1v) is 8.95. The van der Waals surface area contributed by atoms with Gasteiger partial charge in [-0.05, 0) is 31.9 Å². The van der Waals surface area contributed by atoms with Crippen LogP contribution in [-0.2, 0) is 6.54 Å². The lowest BCUT2D eigenvalue weighted by Gasteiger charge is -2.23. The van der Waals surface area contributed by atoms with E-state index in [0.717, 1.165) is 30.3 Å². The van der Waals surface area contributed by atoms with Crippen LogP contribution in [0, 0.1) is 6.92 Å². The van der Waals surface area contributed by atoms with Crippen molar-refractivity contribution in [1.29, 1.82) is 0 Å². The summed E-state index contributed by atoms with van der Waals surface area (Å²) in [5.74, 6) is 0.729. The number of aliphatic hydroxyl groups is 1. The van der Waals surface area contributed by atoms with Crippen molar-refractivity contribution in [1.82, 2.24) is 9.88 Å². The summed E-state index contributed by atoms with van der Waals surface area (Å²) < 4.78 is 0. The minimum absolute atomic E-state index is 0.443. The van der Waals surface area contributed by atoms with Crippen molar-refractivity contribution in [3.63, 3.8) is 0 Å². The lowest BCUT2D eigenvalue weighted by Crippen LogP contribution is -2.28. The van der Waals surface area contributed by atoms with Crippen molar-refractivity contribution in [3.05, 3.63) is 51.5 Å². The summed E-state index contributed by atoms with van der Waals surface area (Å²) in [6.45, 7) is 6.59. The number of aliphatic hydroxyl groups excluding tert-OH is 1. The van der Waals surface area contributed by atoms with Crippen LogP contribution in [0.2, 0.25) is 0 Å². The van der Waals surface area contributed by atoms with Crippen LogP contribution in [0.25, 0.3) is 0 Å². The fourth-order valence-corrected chi connectivity index (χ4v) is 3.57. The van der Waals surface area contributed by atoms with Gasteiger partial charge in [-0.25, -0.2) is 4.98 Å². The molecular formula is C18H24N2OS. The normalized spacial score (nSPS) is 16.2. The van der Waals surface area contributed by atoms with Gasteiger partial charge >= 0.3 is 0 Å². The highest BCUT2D eigenvalue weighted by atomic mass is 32.1. The molecule has 118 valence electrons. The van der Waals surface area contributed by atoms with E-state index < -0.39 is 6.10 Å². The average molecular weight is 316 g/mol. The third-order valence-electron chi connectivity index (χ3n) is 4.22. The van der Waals surface area contributed by atoms with Gasteiger partial charge in [0.15, 0.2) is 0 Å². The quantitative estimate of drug-likeness (QED) is 0.842. The molecule has 0 saturated heterocycles. The highest BCUT2D eigenvalue weighted by Gasteiger charge is 2.26. The predicted octanol–water partition coefficient (Wildman–Crippen LogP) is 3.88. The molecule has 1 aromatic heterocycles. The Kier molecular flexibility index (Phi) is 4.91. The van der Waals surface area contributed by atoms with E-state index in [-0.39, 0.29) is 0 Å². The second kappa shape index (κ2) is 6.90. The Morgan fingerprint density at radius 3 is 2.68 bits per heavy atom. The van der Waals surface area contributed by atoms with Crippen molar-refractivity contribution >= 4 is 11.3 Å². The second-order valence-electron chi connectivity index (χ2n) is 6.21. The molecule has 0 aliphatic heterocycles. The fraction of sp³-hybridized carbons (Fsp3) is 0.500. The summed E-state index contributed by atoms with van der Waals surface area (Å²) in [7, 11) is 0. The Hall–Kier alpha value is -1.23. The highest BCUT2D eigenvalue weighted by Crippen LogP contribution is 2.41. The summed E-state index contributed by atoms with van der Waals surface area (Å²) in [5, 5.41) is 13.9. The molecule has 1 unspecified atom stereocenters. The SMILES string of the molecule is CCN(Cc1csc(C2CC2)n1)CC(O)c1ccc(C)cc1. The number of aromatic nitrogens is 1. The van der Waals surface area contributed by atoms with E-state index in [2.05, 4.69) is 36.3 Å². The molecule has 0 amide bonds. The topological polar surface area (TPSA) is 36.4 Å². The van der Waals surface area contributed by atoms with Crippen LogP contribution < -0.4 is 0 Å². The number of hydrogen-bond donors (Lipinski definition) is 1. The van der Waals surface area contributed by atoms with Crippen LogP contribution in [0.15, 0.2) is 29.6 Å². The molecule has 2 aromatic rings. The Bertz CT molecular complexity index is 604. The first kappa shape index (κ1) is 15.7. The van der Waals surface area contributed by atoms with Crippen molar-refractivity contribution in [2.75, 3.05) is 13.1 Å². The standard InChI is InChI=1S/C18H24N2OS/c1-3-20(10-16-12-22-18(19-16)15-8-9-15)11-17(21)14-6-4-13(2)5-7-14/h4-7,12,15,17,21H,3,8-11H2,1-2H3. The molecule has 0 spiro atoms. The van der Waals surface area contributed by atoms with Crippen molar-refractivity contribution in [3.8, 4) is 0 Å². The third kappa shape index (κ3) is 3.94. The lowest BCUT2D eigenvalue weighted by molar-refractivity contribution is 0.111. The molecule has 1 aromatic carbocycles. The van der Waals surface area contributed by atoms with Gasteiger partial charge in [0.2, 0.25) is 0 Å². The minimum Gasteiger partial charge on any atom is -0.387 e. The summed E-state index contributed by atoms with van der Waals surface area (Å²) >= 11 is 1.79. The van der Waals surface area contributed by atoms with Gasteiger partial charge < -0.3 is 5.11 Å². The third-order valence-corrected chi connectivity index (χ3v) is 5.28. The van der Waals surface area contributed by atoms with E-state index in [9.17, 15) is 5.11 Å². The number of hydrogen-bond acceptors (Lipinski definition) is 4. The molecule has 1 atom stereocenters. The summed E-state index contributed by atoms with van der Waals surface area (Å²) in [4.78, 5) is 7.01. The summed E-state index contributed by atoms with van der Waals surface area (Å²) in [6, 6.07) is 8.14. The Labute approximate surface area is 136 Å². The largest absolute Gasteiger partial charge is 0.387 e. The van der Waals surface area contributed by atoms with E-state index in [1.807, 2.05) is 12.1 Å². The lowest BCUT2D eigenvalue weighted by atomic mass is 10.1. The molecule has 1 aliphatic rings. The van der Waals surface area contributed by atoms with Gasteiger partial charge in [0.1, 0.15) is 0 Å². The Morgan fingerprint density at radius 2 is 2.05 bits per heavy atom. The molecule has 1 heterocycles. The van der Waals surface area contributed by atoms with E-state index in [1.54, 1.807) is 11.3 Å². The molecule has 1 N–H and O–H groups in total. The van der Waals surface area contributed by atoms with Gasteiger partial charge in [-0.3, -0.25) is 4.90 Å². The van der Waals surface area contributed by atoms with Crippen molar-refractivity contribution < 1.29 is 5.11 Å². The van der Waals surface area contributed by atoms with Crippen LogP contribution in [0.5, 0.6) is 0 Å². The smallest absolute Gasteiger partial charge is 0.0959 e. The number of nitrogens with zero attached hydrogens (tertiary/aromatic N) is 2. The molecule has 1 saturated carbocycles. The summed E-state index contributed by atoms with van der Waals surface area (Å²) in [6.07, 6.45) is 2.16. The van der Waals surface area contributed by atoms with Gasteiger partial charge in [-0.15, -0.1) is 11.3 Å². The van der Waals surface area contributed by atoms with E-state index >= 15 is 0 Å². The number of aryl methyl sites for hydroxylation is 1. The maximum atomic E-state index is 10.4. The highest BCUT2D eigenvalue weighted by molar-refractivity contribution is 7.09. The zero-order chi connectivity index (χ0) is 15.5. The maximum absolute atomic E-state index is 10.4. The van der Waals surface area contributed by atoms with Crippen LogP contribution in [0.1, 0.15) is 53.6 Å². The van der Waals surface area contributed by atoms with Crippen LogP contribution in [0.4, 0.5) is 0 Å². The Morgan fingerprint density at radius 1 is 1.32 bits per heavy atom. The zero-order valence-corrected chi connectivity index (χ0v) is 14.1. The molecule has 3 nitrogen and oxygen atoms in total. The molecule has 1 aliphatic carbocycles. The molecule has 4 heteroatoms. The minimum atomic E-state index is -0.443. The van der Waals surface area contributed by atoms with Gasteiger partial charge in [0.05, 0.1) is 16.8 Å². The van der Waals surface area contributed by atoms with Gasteiger partial charge in [-0.2, -0.15) is 0 Å². The Balaban J connectivity index is 1.59.